The normalized spacial score (nSPS) is 23.4. The van der Waals surface area contributed by atoms with Gasteiger partial charge in [0.2, 0.25) is 0 Å². The summed E-state index contributed by atoms with van der Waals surface area (Å²) in [6.45, 7) is 0.395. The molecule has 0 spiro atoms. The van der Waals surface area contributed by atoms with Crippen LogP contribution in [0.2, 0.25) is 0 Å². The van der Waals surface area contributed by atoms with Crippen molar-refractivity contribution in [3.63, 3.8) is 0 Å². The number of alkyl halides is 3. The molecule has 0 amide bonds. The van der Waals surface area contributed by atoms with E-state index in [1.54, 1.807) is 4.90 Å². The summed E-state index contributed by atoms with van der Waals surface area (Å²) < 4.78 is 43.0. The molecular formula is C13H15F3N2O3. The Morgan fingerprint density at radius 2 is 2.24 bits per heavy atom. The lowest BCUT2D eigenvalue weighted by atomic mass is 10.2. The van der Waals surface area contributed by atoms with E-state index in [2.05, 4.69) is 4.98 Å². The number of pyridine rings is 1. The fourth-order valence-electron chi connectivity index (χ4n) is 2.40. The number of carbonyl (C=O) groups is 1. The van der Waals surface area contributed by atoms with Gasteiger partial charge in [-0.3, -0.25) is 9.69 Å². The zero-order valence-corrected chi connectivity index (χ0v) is 11.3. The van der Waals surface area contributed by atoms with Crippen molar-refractivity contribution in [2.45, 2.75) is 31.3 Å². The fourth-order valence-corrected chi connectivity index (χ4v) is 2.40. The molecule has 1 fully saturated rings. The maximum absolute atomic E-state index is 12.6. The van der Waals surface area contributed by atoms with Crippen molar-refractivity contribution in [3.8, 4) is 0 Å². The second-order valence-corrected chi connectivity index (χ2v) is 4.89. The van der Waals surface area contributed by atoms with Crippen molar-refractivity contribution < 1.29 is 27.8 Å². The molecule has 0 radical (unpaired) electrons. The Labute approximate surface area is 119 Å². The summed E-state index contributed by atoms with van der Waals surface area (Å²) in [6, 6.07) is 2.84. The van der Waals surface area contributed by atoms with Crippen LogP contribution in [0.1, 0.15) is 17.8 Å². The number of methoxy groups -OCH3 is 1. The third-order valence-corrected chi connectivity index (χ3v) is 3.45. The third-order valence-electron chi connectivity index (χ3n) is 3.45. The zero-order valence-electron chi connectivity index (χ0n) is 11.3. The van der Waals surface area contributed by atoms with Crippen LogP contribution in [0.3, 0.4) is 0 Å². The highest BCUT2D eigenvalue weighted by Crippen LogP contribution is 2.28. The number of hydrogen-bond acceptors (Lipinski definition) is 4. The molecule has 1 aliphatic rings. The molecule has 8 heteroatoms. The van der Waals surface area contributed by atoms with Crippen LogP contribution < -0.4 is 0 Å². The van der Waals surface area contributed by atoms with E-state index < -0.39 is 23.9 Å². The van der Waals surface area contributed by atoms with Gasteiger partial charge in [-0.2, -0.15) is 13.2 Å². The average molecular weight is 304 g/mol. The van der Waals surface area contributed by atoms with Crippen LogP contribution in [0.25, 0.3) is 0 Å². The number of hydrogen-bond donors (Lipinski definition) is 1. The second kappa shape index (κ2) is 5.98. The molecule has 116 valence electrons. The van der Waals surface area contributed by atoms with Crippen molar-refractivity contribution in [3.05, 3.63) is 29.6 Å². The number of likely N-dealkylation sites (tertiary alicyclic amines) is 1. The summed E-state index contributed by atoms with van der Waals surface area (Å²) >= 11 is 0. The third kappa shape index (κ3) is 3.70. The van der Waals surface area contributed by atoms with Crippen LogP contribution in [-0.4, -0.2) is 46.8 Å². The molecule has 5 nitrogen and oxygen atoms in total. The van der Waals surface area contributed by atoms with E-state index in [4.69, 9.17) is 9.84 Å². The van der Waals surface area contributed by atoms with Gasteiger partial charge >= 0.3 is 12.1 Å². The van der Waals surface area contributed by atoms with Gasteiger partial charge in [0.05, 0.1) is 11.8 Å². The van der Waals surface area contributed by atoms with Gasteiger partial charge < -0.3 is 9.84 Å². The summed E-state index contributed by atoms with van der Waals surface area (Å²) in [5, 5.41) is 9.16. The zero-order chi connectivity index (χ0) is 15.6. The summed E-state index contributed by atoms with van der Waals surface area (Å²) in [4.78, 5) is 16.3. The highest BCUT2D eigenvalue weighted by molar-refractivity contribution is 5.74. The molecule has 1 N–H and O–H groups in total. The number of nitrogens with zero attached hydrogens (tertiary/aromatic N) is 2. The SMILES string of the molecule is CO[C@@H]1C[C@@H](C(=O)O)N(Cc2cccc(C(F)(F)F)n2)C1. The Morgan fingerprint density at radius 3 is 2.81 bits per heavy atom. The second-order valence-electron chi connectivity index (χ2n) is 4.89. The van der Waals surface area contributed by atoms with Crippen LogP contribution in [0, 0.1) is 0 Å². The summed E-state index contributed by atoms with van der Waals surface area (Å²) in [7, 11) is 1.48. The number of carboxylic acids is 1. The molecule has 2 rings (SSSR count). The molecule has 0 aromatic carbocycles. The van der Waals surface area contributed by atoms with Crippen molar-refractivity contribution in [1.82, 2.24) is 9.88 Å². The largest absolute Gasteiger partial charge is 0.480 e. The fraction of sp³-hybridized carbons (Fsp3) is 0.538. The Balaban J connectivity index is 2.15. The first-order valence-electron chi connectivity index (χ1n) is 6.34. The molecule has 2 atom stereocenters. The lowest BCUT2D eigenvalue weighted by Gasteiger charge is -2.20. The number of aliphatic carboxylic acids is 1. The van der Waals surface area contributed by atoms with Gasteiger partial charge in [0.25, 0.3) is 0 Å². The summed E-state index contributed by atoms with van der Waals surface area (Å²) in [5.74, 6) is -1.01. The van der Waals surface area contributed by atoms with Crippen LogP contribution in [0.4, 0.5) is 13.2 Å². The molecule has 0 bridgehead atoms. The Bertz CT molecular complexity index is 522. The van der Waals surface area contributed by atoms with Gasteiger partial charge in [0, 0.05) is 26.6 Å². The topological polar surface area (TPSA) is 62.7 Å². The molecule has 1 aromatic rings. The van der Waals surface area contributed by atoms with E-state index in [0.29, 0.717) is 13.0 Å². The van der Waals surface area contributed by atoms with Gasteiger partial charge in [-0.1, -0.05) is 6.07 Å². The van der Waals surface area contributed by atoms with Crippen molar-refractivity contribution >= 4 is 5.97 Å². The first kappa shape index (κ1) is 15.7. The van der Waals surface area contributed by atoms with Crippen LogP contribution in [-0.2, 0) is 22.3 Å². The number of carboxylic acid groups (broad SMARTS) is 1. The average Bonchev–Trinajstić information content (AvgIpc) is 2.81. The van der Waals surface area contributed by atoms with Crippen molar-refractivity contribution in [2.24, 2.45) is 0 Å². The Hall–Kier alpha value is -1.67. The molecule has 1 aromatic heterocycles. The van der Waals surface area contributed by atoms with Gasteiger partial charge in [-0.05, 0) is 12.1 Å². The van der Waals surface area contributed by atoms with Gasteiger partial charge in [-0.25, -0.2) is 4.98 Å². The van der Waals surface area contributed by atoms with Gasteiger partial charge in [0.15, 0.2) is 0 Å². The molecule has 1 aliphatic heterocycles. The quantitative estimate of drug-likeness (QED) is 0.918. The lowest BCUT2D eigenvalue weighted by molar-refractivity contribution is -0.143. The minimum atomic E-state index is -4.51. The first-order chi connectivity index (χ1) is 9.81. The van der Waals surface area contributed by atoms with E-state index in [1.165, 1.54) is 19.2 Å². The molecular weight excluding hydrogens is 289 g/mol. The highest BCUT2D eigenvalue weighted by Gasteiger charge is 2.37. The highest BCUT2D eigenvalue weighted by atomic mass is 19.4. The smallest absolute Gasteiger partial charge is 0.433 e. The molecule has 1 saturated heterocycles. The maximum Gasteiger partial charge on any atom is 0.433 e. The predicted octanol–water partition coefficient (Wildman–Crippen LogP) is 1.77. The van der Waals surface area contributed by atoms with E-state index in [1.807, 2.05) is 0 Å². The number of halogens is 3. The molecule has 0 aliphatic carbocycles. The van der Waals surface area contributed by atoms with Gasteiger partial charge in [0.1, 0.15) is 11.7 Å². The lowest BCUT2D eigenvalue weighted by Crippen LogP contribution is -2.35. The summed E-state index contributed by atoms with van der Waals surface area (Å²) in [6.07, 6.45) is -4.44. The van der Waals surface area contributed by atoms with E-state index in [-0.39, 0.29) is 18.3 Å². The van der Waals surface area contributed by atoms with Gasteiger partial charge in [-0.15, -0.1) is 0 Å². The number of ether oxygens (including phenoxy) is 1. The van der Waals surface area contributed by atoms with E-state index in [0.717, 1.165) is 6.07 Å². The minimum Gasteiger partial charge on any atom is -0.480 e. The van der Waals surface area contributed by atoms with Crippen LogP contribution in [0.5, 0.6) is 0 Å². The van der Waals surface area contributed by atoms with Crippen LogP contribution in [0.15, 0.2) is 18.2 Å². The first-order valence-corrected chi connectivity index (χ1v) is 6.34. The van der Waals surface area contributed by atoms with E-state index >= 15 is 0 Å². The predicted molar refractivity (Wildman–Crippen MR) is 66.5 cm³/mol. The number of aromatic nitrogens is 1. The van der Waals surface area contributed by atoms with Crippen LogP contribution >= 0.6 is 0 Å². The van der Waals surface area contributed by atoms with E-state index in [9.17, 15) is 18.0 Å². The summed E-state index contributed by atoms with van der Waals surface area (Å²) in [5.41, 5.74) is -0.790. The Kier molecular flexibility index (Phi) is 4.48. The maximum atomic E-state index is 12.6. The number of rotatable bonds is 4. The molecule has 21 heavy (non-hydrogen) atoms. The molecule has 2 heterocycles. The van der Waals surface area contributed by atoms with Crippen molar-refractivity contribution in [1.29, 1.82) is 0 Å². The van der Waals surface area contributed by atoms with Crippen molar-refractivity contribution in [2.75, 3.05) is 13.7 Å². The minimum absolute atomic E-state index is 0.0424. The molecule has 0 unspecified atom stereocenters. The molecule has 0 saturated carbocycles. The monoisotopic (exact) mass is 304 g/mol. The Morgan fingerprint density at radius 1 is 1.52 bits per heavy atom. The standard InChI is InChI=1S/C13H15F3N2O3/c1-21-9-5-10(12(19)20)18(7-9)6-8-3-2-4-11(17-8)13(14,15)16/h2-4,9-10H,5-7H2,1H3,(H,19,20)/t9-,10+/m1/s1.